The van der Waals surface area contributed by atoms with Crippen LogP contribution in [0.15, 0.2) is 36.4 Å². The van der Waals surface area contributed by atoms with Crippen molar-refractivity contribution in [3.05, 3.63) is 62.6 Å². The maximum absolute atomic E-state index is 13.7. The van der Waals surface area contributed by atoms with Crippen molar-refractivity contribution < 1.29 is 18.0 Å². The molecule has 2 aromatic rings. The zero-order chi connectivity index (χ0) is 28.7. The number of aryl methyl sites for hydroxylation is 1. The van der Waals surface area contributed by atoms with Gasteiger partial charge < -0.3 is 10.2 Å². The third-order valence-electron chi connectivity index (χ3n) is 7.07. The lowest BCUT2D eigenvalue weighted by atomic mass is 10.1. The molecule has 1 saturated carbocycles. The summed E-state index contributed by atoms with van der Waals surface area (Å²) < 4.78 is 26.5. The van der Waals surface area contributed by atoms with Crippen LogP contribution in [-0.4, -0.2) is 50.0 Å². The van der Waals surface area contributed by atoms with E-state index in [9.17, 15) is 18.0 Å². The van der Waals surface area contributed by atoms with Crippen molar-refractivity contribution in [3.8, 4) is 0 Å². The fourth-order valence-corrected chi connectivity index (χ4v) is 6.67. The Morgan fingerprint density at radius 2 is 1.72 bits per heavy atom. The largest absolute Gasteiger partial charge is 0.352 e. The quantitative estimate of drug-likeness (QED) is 0.300. The molecule has 1 atom stereocenters. The summed E-state index contributed by atoms with van der Waals surface area (Å²) in [5.74, 6) is -0.482. The summed E-state index contributed by atoms with van der Waals surface area (Å²) in [6.07, 6.45) is 5.80. The predicted octanol–water partition coefficient (Wildman–Crippen LogP) is 6.37. The first-order chi connectivity index (χ1) is 18.4. The summed E-state index contributed by atoms with van der Waals surface area (Å²) in [5, 5.41) is 4.34. The summed E-state index contributed by atoms with van der Waals surface area (Å²) in [5.41, 5.74) is 1.79. The Morgan fingerprint density at radius 1 is 1.08 bits per heavy atom. The van der Waals surface area contributed by atoms with Crippen LogP contribution >= 0.6 is 34.8 Å². The van der Waals surface area contributed by atoms with Crippen molar-refractivity contribution in [2.45, 2.75) is 77.4 Å². The molecule has 39 heavy (non-hydrogen) atoms. The molecule has 1 fully saturated rings. The molecule has 0 radical (unpaired) electrons. The van der Waals surface area contributed by atoms with Crippen LogP contribution in [0.5, 0.6) is 0 Å². The standard InChI is InChI=1S/C28H36Cl3N3O4S/c1-4-25(28(36)32-21-9-5-6-10-21)33(18-22-23(30)11-7-12-24(22)31)27(35)13-8-16-34(39(3,37)38)26-17-20(29)15-14-19(26)2/h7,11-12,14-15,17,21,25H,4-6,8-10,13,16,18H2,1-3H3,(H,32,36)/t25-/m1/s1. The summed E-state index contributed by atoms with van der Waals surface area (Å²) in [6.45, 7) is 3.81. The van der Waals surface area contributed by atoms with Crippen molar-refractivity contribution >= 4 is 62.3 Å². The molecule has 0 spiro atoms. The Hall–Kier alpha value is -2.00. The number of halogens is 3. The minimum absolute atomic E-state index is 0.0287. The highest BCUT2D eigenvalue weighted by molar-refractivity contribution is 7.92. The number of anilines is 1. The Balaban J connectivity index is 1.82. The molecule has 2 aromatic carbocycles. The van der Waals surface area contributed by atoms with E-state index < -0.39 is 16.1 Å². The summed E-state index contributed by atoms with van der Waals surface area (Å²) in [6, 6.07) is 9.57. The van der Waals surface area contributed by atoms with Crippen LogP contribution in [-0.2, 0) is 26.2 Å². The van der Waals surface area contributed by atoms with Gasteiger partial charge in [-0.3, -0.25) is 13.9 Å². The van der Waals surface area contributed by atoms with Gasteiger partial charge in [-0.05, 0) is 62.4 Å². The maximum Gasteiger partial charge on any atom is 0.243 e. The van der Waals surface area contributed by atoms with E-state index in [0.29, 0.717) is 32.7 Å². The number of rotatable bonds is 12. The number of hydrogen-bond donors (Lipinski definition) is 1. The minimum atomic E-state index is -3.63. The molecule has 11 heteroatoms. The van der Waals surface area contributed by atoms with Gasteiger partial charge in [0, 0.05) is 46.2 Å². The highest BCUT2D eigenvalue weighted by Crippen LogP contribution is 2.29. The van der Waals surface area contributed by atoms with Crippen LogP contribution in [0, 0.1) is 6.92 Å². The van der Waals surface area contributed by atoms with E-state index in [1.54, 1.807) is 43.3 Å². The molecule has 0 aromatic heterocycles. The Labute approximate surface area is 246 Å². The van der Waals surface area contributed by atoms with Crippen LogP contribution in [0.2, 0.25) is 15.1 Å². The van der Waals surface area contributed by atoms with Crippen LogP contribution in [0.3, 0.4) is 0 Å². The van der Waals surface area contributed by atoms with E-state index in [2.05, 4.69) is 5.32 Å². The van der Waals surface area contributed by atoms with Gasteiger partial charge in [-0.15, -0.1) is 0 Å². The number of nitrogens with one attached hydrogen (secondary N) is 1. The van der Waals surface area contributed by atoms with E-state index >= 15 is 0 Å². The predicted molar refractivity (Wildman–Crippen MR) is 159 cm³/mol. The molecule has 0 heterocycles. The van der Waals surface area contributed by atoms with Crippen LogP contribution in [0.25, 0.3) is 0 Å². The molecule has 214 valence electrons. The molecule has 0 unspecified atom stereocenters. The Bertz CT molecular complexity index is 1260. The zero-order valence-electron chi connectivity index (χ0n) is 22.6. The first-order valence-corrected chi connectivity index (χ1v) is 16.2. The molecular formula is C28H36Cl3N3O4S. The van der Waals surface area contributed by atoms with E-state index in [1.807, 2.05) is 6.92 Å². The Morgan fingerprint density at radius 3 is 2.31 bits per heavy atom. The van der Waals surface area contributed by atoms with Gasteiger partial charge in [-0.1, -0.05) is 66.7 Å². The maximum atomic E-state index is 13.7. The SMILES string of the molecule is CC[C@H](C(=O)NC1CCCC1)N(Cc1c(Cl)cccc1Cl)C(=O)CCCN(c1cc(Cl)ccc1C)S(C)(=O)=O. The van der Waals surface area contributed by atoms with Crippen molar-refractivity contribution in [1.29, 1.82) is 0 Å². The van der Waals surface area contributed by atoms with Crippen LogP contribution < -0.4 is 9.62 Å². The molecule has 3 rings (SSSR count). The Kier molecular flexibility index (Phi) is 11.4. The second kappa shape index (κ2) is 14.1. The number of sulfonamides is 1. The molecule has 1 aliphatic rings. The molecule has 0 aliphatic heterocycles. The van der Waals surface area contributed by atoms with Gasteiger partial charge in [-0.2, -0.15) is 0 Å². The lowest BCUT2D eigenvalue weighted by molar-refractivity contribution is -0.141. The summed E-state index contributed by atoms with van der Waals surface area (Å²) in [7, 11) is -3.63. The first-order valence-electron chi connectivity index (χ1n) is 13.2. The molecule has 0 saturated heterocycles. The van der Waals surface area contributed by atoms with Gasteiger partial charge in [0.25, 0.3) is 0 Å². The van der Waals surface area contributed by atoms with E-state index in [0.717, 1.165) is 37.5 Å². The third kappa shape index (κ3) is 8.49. The van der Waals surface area contributed by atoms with Crippen LogP contribution in [0.4, 0.5) is 5.69 Å². The van der Waals surface area contributed by atoms with Gasteiger partial charge in [-0.25, -0.2) is 8.42 Å². The highest BCUT2D eigenvalue weighted by Gasteiger charge is 2.31. The van der Waals surface area contributed by atoms with Gasteiger partial charge in [0.05, 0.1) is 11.9 Å². The lowest BCUT2D eigenvalue weighted by Gasteiger charge is -2.32. The molecule has 1 aliphatic carbocycles. The molecule has 0 bridgehead atoms. The molecule has 2 amide bonds. The lowest BCUT2D eigenvalue weighted by Crippen LogP contribution is -2.51. The normalized spacial score (nSPS) is 14.7. The van der Waals surface area contributed by atoms with E-state index in [-0.39, 0.29) is 43.8 Å². The minimum Gasteiger partial charge on any atom is -0.352 e. The fraction of sp³-hybridized carbons (Fsp3) is 0.500. The van der Waals surface area contributed by atoms with Crippen molar-refractivity contribution in [1.82, 2.24) is 10.2 Å². The smallest absolute Gasteiger partial charge is 0.243 e. The molecular weight excluding hydrogens is 581 g/mol. The van der Waals surface area contributed by atoms with Gasteiger partial charge in [0.2, 0.25) is 21.8 Å². The summed E-state index contributed by atoms with van der Waals surface area (Å²) >= 11 is 19.0. The molecule has 7 nitrogen and oxygen atoms in total. The van der Waals surface area contributed by atoms with Crippen molar-refractivity contribution in [2.24, 2.45) is 0 Å². The topological polar surface area (TPSA) is 86.8 Å². The van der Waals surface area contributed by atoms with E-state index in [1.165, 1.54) is 9.21 Å². The zero-order valence-corrected chi connectivity index (χ0v) is 25.6. The first kappa shape index (κ1) is 31.5. The van der Waals surface area contributed by atoms with Crippen molar-refractivity contribution in [2.75, 3.05) is 17.1 Å². The monoisotopic (exact) mass is 615 g/mol. The van der Waals surface area contributed by atoms with Gasteiger partial charge in [0.1, 0.15) is 6.04 Å². The molecule has 1 N–H and O–H groups in total. The van der Waals surface area contributed by atoms with E-state index in [4.69, 9.17) is 34.8 Å². The average molecular weight is 617 g/mol. The van der Waals surface area contributed by atoms with Gasteiger partial charge >= 0.3 is 0 Å². The third-order valence-corrected chi connectivity index (χ3v) is 9.19. The number of hydrogen-bond acceptors (Lipinski definition) is 4. The number of carbonyl (C=O) groups is 2. The van der Waals surface area contributed by atoms with Crippen LogP contribution in [0.1, 0.15) is 63.0 Å². The second-order valence-corrected chi connectivity index (χ2v) is 13.2. The number of amides is 2. The number of carbonyl (C=O) groups excluding carboxylic acids is 2. The number of nitrogens with zero attached hydrogens (tertiary/aromatic N) is 2. The highest BCUT2D eigenvalue weighted by atomic mass is 35.5. The second-order valence-electron chi connectivity index (χ2n) is 10.0. The summed E-state index contributed by atoms with van der Waals surface area (Å²) in [4.78, 5) is 28.5. The average Bonchev–Trinajstić information content (AvgIpc) is 3.37. The number of benzene rings is 2. The van der Waals surface area contributed by atoms with Gasteiger partial charge in [0.15, 0.2) is 0 Å². The fourth-order valence-electron chi connectivity index (χ4n) is 4.97. The van der Waals surface area contributed by atoms with Crippen molar-refractivity contribution in [3.63, 3.8) is 0 Å².